The maximum absolute atomic E-state index is 13.3. The molecule has 2 aliphatic rings. The molecular formula is C24H21N3O4S3. The summed E-state index contributed by atoms with van der Waals surface area (Å²) in [4.78, 5) is 15.2. The van der Waals surface area contributed by atoms with Gasteiger partial charge in [0, 0.05) is 17.3 Å². The Morgan fingerprint density at radius 3 is 2.68 bits per heavy atom. The van der Waals surface area contributed by atoms with Crippen molar-refractivity contribution >= 4 is 50.1 Å². The van der Waals surface area contributed by atoms with Crippen LogP contribution in [0.15, 0.2) is 65.7 Å². The Morgan fingerprint density at radius 1 is 1.18 bits per heavy atom. The van der Waals surface area contributed by atoms with E-state index in [1.165, 1.54) is 16.7 Å². The van der Waals surface area contributed by atoms with Crippen molar-refractivity contribution < 1.29 is 17.9 Å². The number of para-hydroxylation sites is 1. The minimum Gasteiger partial charge on any atom is -0.497 e. The van der Waals surface area contributed by atoms with Gasteiger partial charge in [0.15, 0.2) is 9.84 Å². The molecule has 5 rings (SSSR count). The lowest BCUT2D eigenvalue weighted by atomic mass is 10.1. The van der Waals surface area contributed by atoms with Crippen molar-refractivity contribution in [3.63, 3.8) is 0 Å². The summed E-state index contributed by atoms with van der Waals surface area (Å²) < 4.78 is 31.4. The Labute approximate surface area is 207 Å². The van der Waals surface area contributed by atoms with E-state index in [2.05, 4.69) is 0 Å². The van der Waals surface area contributed by atoms with Crippen LogP contribution in [-0.2, 0) is 14.6 Å². The molecule has 3 heterocycles. The number of carbonyl (C=O) groups excluding carboxylic acids is 1. The van der Waals surface area contributed by atoms with Crippen LogP contribution >= 0.6 is 24.0 Å². The van der Waals surface area contributed by atoms with E-state index in [1.807, 2.05) is 60.8 Å². The third-order valence-electron chi connectivity index (χ3n) is 5.79. The minimum absolute atomic E-state index is 0.0479. The predicted molar refractivity (Wildman–Crippen MR) is 138 cm³/mol. The molecule has 174 valence electrons. The zero-order chi connectivity index (χ0) is 23.9. The van der Waals surface area contributed by atoms with Crippen LogP contribution < -0.4 is 4.74 Å². The van der Waals surface area contributed by atoms with Crippen LogP contribution in [0.1, 0.15) is 12.0 Å². The Balaban J connectivity index is 1.55. The molecule has 1 amide bonds. The van der Waals surface area contributed by atoms with Gasteiger partial charge in [-0.15, -0.1) is 0 Å². The highest BCUT2D eigenvalue weighted by Gasteiger charge is 2.42. The lowest BCUT2D eigenvalue weighted by Gasteiger charge is -2.20. The fraction of sp³-hybridized carbons (Fsp3) is 0.208. The smallest absolute Gasteiger partial charge is 0.266 e. The van der Waals surface area contributed by atoms with Crippen molar-refractivity contribution in [2.45, 2.75) is 12.5 Å². The van der Waals surface area contributed by atoms with Gasteiger partial charge in [-0.2, -0.15) is 5.10 Å². The Kier molecular flexibility index (Phi) is 6.05. The van der Waals surface area contributed by atoms with Crippen molar-refractivity contribution in [1.29, 1.82) is 0 Å². The second kappa shape index (κ2) is 9.01. The van der Waals surface area contributed by atoms with E-state index in [-0.39, 0.29) is 17.4 Å². The summed E-state index contributed by atoms with van der Waals surface area (Å²) in [7, 11) is -1.53. The molecule has 0 spiro atoms. The van der Waals surface area contributed by atoms with Gasteiger partial charge in [-0.3, -0.25) is 9.69 Å². The summed E-state index contributed by atoms with van der Waals surface area (Å²) in [5, 5.41) is 4.80. The highest BCUT2D eigenvalue weighted by Crippen LogP contribution is 2.38. The maximum Gasteiger partial charge on any atom is 0.266 e. The number of amides is 1. The molecule has 2 aromatic carbocycles. The van der Waals surface area contributed by atoms with Crippen molar-refractivity contribution in [2.75, 3.05) is 18.6 Å². The molecule has 0 saturated carbocycles. The molecule has 1 aromatic heterocycles. The highest BCUT2D eigenvalue weighted by atomic mass is 32.2. The zero-order valence-electron chi connectivity index (χ0n) is 18.2. The van der Waals surface area contributed by atoms with E-state index in [0.717, 1.165) is 16.8 Å². The lowest BCUT2D eigenvalue weighted by Crippen LogP contribution is -2.39. The van der Waals surface area contributed by atoms with E-state index >= 15 is 0 Å². The molecule has 0 unspecified atom stereocenters. The number of hydrogen-bond acceptors (Lipinski definition) is 7. The molecule has 10 heteroatoms. The van der Waals surface area contributed by atoms with Crippen LogP contribution in [0.3, 0.4) is 0 Å². The third-order valence-corrected chi connectivity index (χ3v) is 8.87. The SMILES string of the molecule is COc1cccc(-c2nn(-c3ccccc3)cc2/C=C2\SC(=S)N([C@H]3CCS(=O)(=O)C3)C2=O)c1. The van der Waals surface area contributed by atoms with Gasteiger partial charge in [0.2, 0.25) is 0 Å². The van der Waals surface area contributed by atoms with Crippen LogP contribution in [-0.4, -0.2) is 58.0 Å². The van der Waals surface area contributed by atoms with Crippen LogP contribution in [0, 0.1) is 0 Å². The van der Waals surface area contributed by atoms with Crippen molar-refractivity contribution in [3.8, 4) is 22.7 Å². The summed E-state index contributed by atoms with van der Waals surface area (Å²) in [6.07, 6.45) is 4.06. The van der Waals surface area contributed by atoms with Crippen molar-refractivity contribution in [3.05, 3.63) is 71.3 Å². The maximum atomic E-state index is 13.3. The molecule has 0 radical (unpaired) electrons. The number of rotatable bonds is 5. The molecule has 1 atom stereocenters. The summed E-state index contributed by atoms with van der Waals surface area (Å²) >= 11 is 6.65. The molecule has 0 aliphatic carbocycles. The molecule has 2 fully saturated rings. The fourth-order valence-corrected chi connectivity index (χ4v) is 7.21. The monoisotopic (exact) mass is 511 g/mol. The Hall–Kier alpha value is -2.95. The number of benzene rings is 2. The van der Waals surface area contributed by atoms with Crippen molar-refractivity contribution in [2.24, 2.45) is 0 Å². The lowest BCUT2D eigenvalue weighted by molar-refractivity contribution is -0.123. The zero-order valence-corrected chi connectivity index (χ0v) is 20.7. The first kappa shape index (κ1) is 22.8. The van der Waals surface area contributed by atoms with Crippen LogP contribution in [0.4, 0.5) is 0 Å². The molecule has 0 N–H and O–H groups in total. The first-order valence-electron chi connectivity index (χ1n) is 10.6. The average molecular weight is 512 g/mol. The number of sulfone groups is 1. The average Bonchev–Trinajstić information content (AvgIpc) is 3.49. The summed E-state index contributed by atoms with van der Waals surface area (Å²) in [6, 6.07) is 16.9. The summed E-state index contributed by atoms with van der Waals surface area (Å²) in [5.41, 5.74) is 3.17. The third kappa shape index (κ3) is 4.40. The molecule has 7 nitrogen and oxygen atoms in total. The Bertz CT molecular complexity index is 1410. The van der Waals surface area contributed by atoms with Crippen molar-refractivity contribution in [1.82, 2.24) is 14.7 Å². The minimum atomic E-state index is -3.14. The fourth-order valence-electron chi connectivity index (χ4n) is 4.12. The largest absolute Gasteiger partial charge is 0.497 e. The molecule has 0 bridgehead atoms. The van der Waals surface area contributed by atoms with E-state index in [9.17, 15) is 13.2 Å². The van der Waals surface area contributed by atoms with Gasteiger partial charge in [-0.05, 0) is 36.8 Å². The van der Waals surface area contributed by atoms with Crippen LogP contribution in [0.25, 0.3) is 23.0 Å². The number of thiocarbonyl (C=S) groups is 1. The molecule has 3 aromatic rings. The van der Waals surface area contributed by atoms with Gasteiger partial charge < -0.3 is 4.74 Å². The van der Waals surface area contributed by atoms with E-state index in [0.29, 0.717) is 27.1 Å². The normalized spacial score (nSPS) is 20.9. The topological polar surface area (TPSA) is 81.5 Å². The first-order valence-corrected chi connectivity index (χ1v) is 13.7. The van der Waals surface area contributed by atoms with Gasteiger partial charge in [0.05, 0.1) is 35.2 Å². The molecule has 34 heavy (non-hydrogen) atoms. The molecule has 2 aliphatic heterocycles. The van der Waals surface area contributed by atoms with Gasteiger partial charge in [-0.25, -0.2) is 13.1 Å². The number of ether oxygens (including phenoxy) is 1. The second-order valence-corrected chi connectivity index (χ2v) is 12.0. The Morgan fingerprint density at radius 2 is 1.97 bits per heavy atom. The van der Waals surface area contributed by atoms with E-state index < -0.39 is 15.9 Å². The van der Waals surface area contributed by atoms with Crippen LogP contribution in [0.5, 0.6) is 5.75 Å². The summed E-state index contributed by atoms with van der Waals surface area (Å²) in [5.74, 6) is 0.471. The number of aromatic nitrogens is 2. The molecule has 2 saturated heterocycles. The number of carbonyl (C=O) groups is 1. The first-order chi connectivity index (χ1) is 16.3. The van der Waals surface area contributed by atoms with Crippen LogP contribution in [0.2, 0.25) is 0 Å². The number of hydrogen-bond donors (Lipinski definition) is 0. The van der Waals surface area contributed by atoms with Gasteiger partial charge in [0.25, 0.3) is 5.91 Å². The number of methoxy groups -OCH3 is 1. The summed E-state index contributed by atoms with van der Waals surface area (Å²) in [6.45, 7) is 0. The van der Waals surface area contributed by atoms with Gasteiger partial charge >= 0.3 is 0 Å². The number of thioether (sulfide) groups is 1. The van der Waals surface area contributed by atoms with Gasteiger partial charge in [0.1, 0.15) is 15.8 Å². The molecular weight excluding hydrogens is 490 g/mol. The van der Waals surface area contributed by atoms with Gasteiger partial charge in [-0.1, -0.05) is 54.3 Å². The quantitative estimate of drug-likeness (QED) is 0.379. The standard InChI is InChI=1S/C24H21N3O4S3/c1-31-20-9-5-6-16(12-20)22-17(14-26(25-22)18-7-3-2-4-8-18)13-21-23(28)27(24(32)33-21)19-10-11-34(29,30)15-19/h2-9,12-14,19H,10-11,15H2,1H3/b21-13-/t19-/m0/s1. The van der Waals surface area contributed by atoms with E-state index in [4.69, 9.17) is 22.1 Å². The van der Waals surface area contributed by atoms with E-state index in [1.54, 1.807) is 17.9 Å². The number of nitrogens with zero attached hydrogens (tertiary/aromatic N) is 3. The highest BCUT2D eigenvalue weighted by molar-refractivity contribution is 8.26. The second-order valence-electron chi connectivity index (χ2n) is 8.05. The predicted octanol–water partition coefficient (Wildman–Crippen LogP) is 3.94.